The smallest absolute Gasteiger partial charge is 0.261 e. The summed E-state index contributed by atoms with van der Waals surface area (Å²) < 4.78 is 8.58. The molecular weight excluding hydrogens is 625 g/mol. The Labute approximate surface area is 280 Å². The molecule has 2 amide bonds. The zero-order chi connectivity index (χ0) is 33.6. The molecule has 248 valence electrons. The van der Waals surface area contributed by atoms with Crippen molar-refractivity contribution < 1.29 is 24.2 Å². The number of anilines is 2. The number of aryl methyl sites for hydroxylation is 1. The van der Waals surface area contributed by atoms with Gasteiger partial charge in [-0.05, 0) is 48.8 Å². The predicted octanol–water partition coefficient (Wildman–Crippen LogP) is 4.77. The summed E-state index contributed by atoms with van der Waals surface area (Å²) >= 11 is 0. The molecule has 1 unspecified atom stereocenters. The zero-order valence-corrected chi connectivity index (χ0v) is 28.3. The SMILES string of the molecule is C[C@@H]1[C@@H]([Si](C)(C)O)[C@H](CCn2cc(C(CO)c3ccccc3)nn2)O[C@@]12C(=O)Nc1ccc(N3N=C(c4ccccc4)CCC3=O)cc12. The van der Waals surface area contributed by atoms with Gasteiger partial charge in [-0.15, -0.1) is 5.10 Å². The van der Waals surface area contributed by atoms with Crippen LogP contribution in [0.4, 0.5) is 11.4 Å². The standard InChI is InChI=1S/C36H40N6O5Si/c1-23-34(48(2,3)46)32(18-19-41-21-31(38-40-41)27(22-43)24-10-6-4-7-11-24)47-36(23)28-20-26(14-15-30(28)37-35(36)45)42-33(44)17-16-29(39-42)25-12-8-5-9-13-25/h4-15,20-21,23,27,32,34,43,46H,16-19,22H2,1-3H3,(H,37,45)/t23-,27?,32+,34-,36+/m1/s1. The van der Waals surface area contributed by atoms with Gasteiger partial charge in [-0.1, -0.05) is 72.8 Å². The first-order valence-electron chi connectivity index (χ1n) is 16.5. The fourth-order valence-corrected chi connectivity index (χ4v) is 10.4. The van der Waals surface area contributed by atoms with E-state index in [0.717, 1.165) is 16.8 Å². The maximum atomic E-state index is 13.9. The average molecular weight is 665 g/mol. The molecule has 0 bridgehead atoms. The fraction of sp³-hybridized carbons (Fsp3) is 0.361. The second-order valence-electron chi connectivity index (χ2n) is 13.5. The molecule has 3 aliphatic rings. The molecule has 1 fully saturated rings. The number of ether oxygens (including phenoxy) is 1. The number of aliphatic hydroxyl groups excluding tert-OH is 1. The third kappa shape index (κ3) is 5.58. The molecule has 1 saturated heterocycles. The highest BCUT2D eigenvalue weighted by atomic mass is 28.4. The zero-order valence-electron chi connectivity index (χ0n) is 27.3. The number of amides is 2. The number of hydrazone groups is 1. The van der Waals surface area contributed by atoms with E-state index in [1.807, 2.05) is 92.9 Å². The largest absolute Gasteiger partial charge is 0.432 e. The van der Waals surface area contributed by atoms with E-state index >= 15 is 0 Å². The van der Waals surface area contributed by atoms with Gasteiger partial charge in [-0.2, -0.15) is 5.10 Å². The van der Waals surface area contributed by atoms with Crippen molar-refractivity contribution in [2.45, 2.75) is 69.0 Å². The van der Waals surface area contributed by atoms with Gasteiger partial charge in [0.25, 0.3) is 5.91 Å². The second kappa shape index (κ2) is 12.5. The highest BCUT2D eigenvalue weighted by Gasteiger charge is 2.64. The van der Waals surface area contributed by atoms with Crippen molar-refractivity contribution >= 4 is 37.2 Å². The van der Waals surface area contributed by atoms with Crippen molar-refractivity contribution in [3.63, 3.8) is 0 Å². The second-order valence-corrected chi connectivity index (χ2v) is 17.5. The maximum Gasteiger partial charge on any atom is 0.261 e. The summed E-state index contributed by atoms with van der Waals surface area (Å²) in [4.78, 5) is 38.7. The van der Waals surface area contributed by atoms with Crippen molar-refractivity contribution in [1.82, 2.24) is 15.0 Å². The van der Waals surface area contributed by atoms with Crippen LogP contribution in [-0.2, 0) is 26.5 Å². The first kappa shape index (κ1) is 32.1. The predicted molar refractivity (Wildman–Crippen MR) is 184 cm³/mol. The summed E-state index contributed by atoms with van der Waals surface area (Å²) in [6, 6.07) is 24.9. The lowest BCUT2D eigenvalue weighted by atomic mass is 9.82. The van der Waals surface area contributed by atoms with E-state index < -0.39 is 20.0 Å². The maximum absolute atomic E-state index is 13.9. The van der Waals surface area contributed by atoms with Crippen LogP contribution in [0.2, 0.25) is 18.6 Å². The van der Waals surface area contributed by atoms with Crippen LogP contribution in [0.25, 0.3) is 0 Å². The quantitative estimate of drug-likeness (QED) is 0.219. The summed E-state index contributed by atoms with van der Waals surface area (Å²) in [6.45, 7) is 6.11. The van der Waals surface area contributed by atoms with E-state index in [0.29, 0.717) is 48.4 Å². The lowest BCUT2D eigenvalue weighted by molar-refractivity contribution is -0.143. The number of hydrogen-bond acceptors (Lipinski definition) is 8. The van der Waals surface area contributed by atoms with Gasteiger partial charge >= 0.3 is 0 Å². The Morgan fingerprint density at radius 2 is 1.77 bits per heavy atom. The van der Waals surface area contributed by atoms with Gasteiger partial charge in [0.15, 0.2) is 13.9 Å². The lowest BCUT2D eigenvalue weighted by Gasteiger charge is -2.32. The Morgan fingerprint density at radius 3 is 2.48 bits per heavy atom. The Morgan fingerprint density at radius 1 is 1.04 bits per heavy atom. The molecule has 7 rings (SSSR count). The third-order valence-corrected chi connectivity index (χ3v) is 12.6. The Hall–Kier alpha value is -4.49. The van der Waals surface area contributed by atoms with Gasteiger partial charge in [-0.25, -0.2) is 5.01 Å². The van der Waals surface area contributed by atoms with E-state index in [4.69, 9.17) is 9.84 Å². The van der Waals surface area contributed by atoms with Gasteiger partial charge in [0.1, 0.15) is 0 Å². The van der Waals surface area contributed by atoms with Crippen LogP contribution in [-0.4, -0.2) is 63.5 Å². The van der Waals surface area contributed by atoms with Crippen molar-refractivity contribution in [2.24, 2.45) is 11.0 Å². The molecule has 4 heterocycles. The lowest BCUT2D eigenvalue weighted by Crippen LogP contribution is -2.43. The van der Waals surface area contributed by atoms with Crippen LogP contribution in [0.1, 0.15) is 54.5 Å². The molecule has 1 aromatic heterocycles. The van der Waals surface area contributed by atoms with Crippen molar-refractivity contribution in [2.75, 3.05) is 16.9 Å². The van der Waals surface area contributed by atoms with E-state index in [2.05, 4.69) is 15.6 Å². The molecule has 48 heavy (non-hydrogen) atoms. The first-order valence-corrected chi connectivity index (χ1v) is 19.5. The summed E-state index contributed by atoms with van der Waals surface area (Å²) in [7, 11) is -2.87. The fourth-order valence-electron chi connectivity index (χ4n) is 7.78. The molecule has 12 heteroatoms. The average Bonchev–Trinajstić information content (AvgIpc) is 3.75. The summed E-state index contributed by atoms with van der Waals surface area (Å²) in [5.74, 6) is -1.04. The first-order chi connectivity index (χ1) is 23.1. The van der Waals surface area contributed by atoms with Crippen molar-refractivity contribution in [1.29, 1.82) is 0 Å². The van der Waals surface area contributed by atoms with Gasteiger partial charge in [-0.3, -0.25) is 14.3 Å². The summed E-state index contributed by atoms with van der Waals surface area (Å²) in [6.07, 6.45) is 2.75. The van der Waals surface area contributed by atoms with Crippen LogP contribution in [0.5, 0.6) is 0 Å². The molecular formula is C36H40N6O5Si. The number of aromatic nitrogens is 3. The van der Waals surface area contributed by atoms with E-state index in [9.17, 15) is 19.5 Å². The number of carbonyl (C=O) groups is 2. The summed E-state index contributed by atoms with van der Waals surface area (Å²) in [5.41, 5.74) is 3.62. The van der Waals surface area contributed by atoms with E-state index in [-0.39, 0.29) is 35.8 Å². The summed E-state index contributed by atoms with van der Waals surface area (Å²) in [5, 5.41) is 28.0. The minimum atomic E-state index is -2.87. The van der Waals surface area contributed by atoms with Crippen LogP contribution in [0, 0.1) is 5.92 Å². The minimum Gasteiger partial charge on any atom is -0.432 e. The minimum absolute atomic E-state index is 0.0979. The van der Waals surface area contributed by atoms with Crippen LogP contribution in [0.15, 0.2) is 90.2 Å². The Balaban J connectivity index is 1.18. The van der Waals surface area contributed by atoms with Gasteiger partial charge in [0, 0.05) is 48.3 Å². The molecule has 1 spiro atoms. The molecule has 0 radical (unpaired) electrons. The highest BCUT2D eigenvalue weighted by Crippen LogP contribution is 2.58. The van der Waals surface area contributed by atoms with Crippen molar-refractivity contribution in [3.05, 3.63) is 107 Å². The monoisotopic (exact) mass is 664 g/mol. The number of carbonyl (C=O) groups excluding carboxylic acids is 2. The number of aliphatic hydroxyl groups is 1. The highest BCUT2D eigenvalue weighted by molar-refractivity contribution is 6.71. The Kier molecular flexibility index (Phi) is 8.36. The molecule has 11 nitrogen and oxygen atoms in total. The topological polar surface area (TPSA) is 142 Å². The molecule has 5 atom stereocenters. The normalized spacial score (nSPS) is 24.5. The molecule has 0 saturated carbocycles. The third-order valence-electron chi connectivity index (χ3n) is 10.0. The van der Waals surface area contributed by atoms with Gasteiger partial charge in [0.05, 0.1) is 35.7 Å². The number of fused-ring (bicyclic) bond motifs is 2. The van der Waals surface area contributed by atoms with Crippen LogP contribution >= 0.6 is 0 Å². The van der Waals surface area contributed by atoms with Gasteiger partial charge < -0.3 is 20.0 Å². The number of nitrogens with one attached hydrogen (secondary N) is 1. The van der Waals surface area contributed by atoms with E-state index in [1.165, 1.54) is 5.01 Å². The molecule has 0 aliphatic carbocycles. The number of benzene rings is 3. The molecule has 4 aromatic rings. The molecule has 3 N–H and O–H groups in total. The Bertz CT molecular complexity index is 1860. The van der Waals surface area contributed by atoms with Crippen LogP contribution < -0.4 is 10.3 Å². The molecule has 3 aliphatic heterocycles. The number of hydrogen-bond donors (Lipinski definition) is 3. The number of nitrogens with zero attached hydrogens (tertiary/aromatic N) is 5. The number of rotatable bonds is 9. The van der Waals surface area contributed by atoms with Crippen molar-refractivity contribution in [3.8, 4) is 0 Å². The molecule has 3 aromatic carbocycles. The van der Waals surface area contributed by atoms with Crippen LogP contribution in [0.3, 0.4) is 0 Å². The van der Waals surface area contributed by atoms with Gasteiger partial charge in [0.2, 0.25) is 5.91 Å². The van der Waals surface area contributed by atoms with E-state index in [1.54, 1.807) is 16.8 Å².